The van der Waals surface area contributed by atoms with Crippen molar-refractivity contribution in [3.63, 3.8) is 0 Å². The molecule has 1 aromatic rings. The first-order chi connectivity index (χ1) is 12.7. The molecule has 2 atom stereocenters. The molecule has 0 radical (unpaired) electrons. The number of hydrogen-bond acceptors (Lipinski definition) is 2. The smallest absolute Gasteiger partial charge is 0.370 e. The van der Waals surface area contributed by atoms with Crippen LogP contribution in [0.3, 0.4) is 0 Å². The van der Waals surface area contributed by atoms with Gasteiger partial charge in [0.25, 0.3) is 0 Å². The Kier molecular flexibility index (Phi) is 5.94. The van der Waals surface area contributed by atoms with Crippen LogP contribution in [0.1, 0.15) is 66.9 Å². The predicted octanol–water partition coefficient (Wildman–Crippen LogP) is 5.96. The van der Waals surface area contributed by atoms with Crippen molar-refractivity contribution in [1.82, 2.24) is 0 Å². The highest BCUT2D eigenvalue weighted by molar-refractivity contribution is 6.00. The van der Waals surface area contributed by atoms with Gasteiger partial charge in [0.15, 0.2) is 5.78 Å². The fraction of sp³-hybridized carbons (Fsp3) is 0.667. The summed E-state index contributed by atoms with van der Waals surface area (Å²) in [5.74, 6) is -0.444. The SMILES string of the molecule is Cc1ccc(C(=O)[C@@H]2CCC(C3CCC(C)CC3)CO2)c(F)c1C(F)(F)F. The lowest BCUT2D eigenvalue weighted by atomic mass is 9.74. The number of alkyl halides is 3. The monoisotopic (exact) mass is 386 g/mol. The topological polar surface area (TPSA) is 26.3 Å². The molecule has 0 spiro atoms. The minimum absolute atomic E-state index is 0.229. The van der Waals surface area contributed by atoms with Crippen molar-refractivity contribution in [2.75, 3.05) is 6.61 Å². The van der Waals surface area contributed by atoms with Gasteiger partial charge in [-0.05, 0) is 62.0 Å². The Bertz CT molecular complexity index is 682. The first kappa shape index (κ1) is 20.3. The quantitative estimate of drug-likeness (QED) is 0.473. The lowest BCUT2D eigenvalue weighted by Gasteiger charge is -2.37. The van der Waals surface area contributed by atoms with Crippen LogP contribution in [0, 0.1) is 30.5 Å². The molecule has 1 saturated carbocycles. The van der Waals surface area contributed by atoms with Crippen molar-refractivity contribution < 1.29 is 27.1 Å². The van der Waals surface area contributed by atoms with Crippen LogP contribution in [0.15, 0.2) is 12.1 Å². The van der Waals surface area contributed by atoms with Gasteiger partial charge in [0.05, 0.1) is 17.7 Å². The number of rotatable bonds is 3. The van der Waals surface area contributed by atoms with E-state index in [-0.39, 0.29) is 5.56 Å². The minimum Gasteiger partial charge on any atom is -0.370 e. The van der Waals surface area contributed by atoms with Gasteiger partial charge in [-0.15, -0.1) is 0 Å². The van der Waals surface area contributed by atoms with Gasteiger partial charge in [-0.25, -0.2) is 4.39 Å². The van der Waals surface area contributed by atoms with Gasteiger partial charge in [0, 0.05) is 0 Å². The average molecular weight is 386 g/mol. The number of ketones is 1. The molecule has 0 N–H and O–H groups in total. The van der Waals surface area contributed by atoms with Crippen LogP contribution in [0.5, 0.6) is 0 Å². The molecular formula is C21H26F4O2. The van der Waals surface area contributed by atoms with Crippen LogP contribution in [0.2, 0.25) is 0 Å². The van der Waals surface area contributed by atoms with Gasteiger partial charge in [0.2, 0.25) is 0 Å². The molecule has 6 heteroatoms. The summed E-state index contributed by atoms with van der Waals surface area (Å²) in [6.45, 7) is 3.87. The predicted molar refractivity (Wildman–Crippen MR) is 94.1 cm³/mol. The lowest BCUT2D eigenvalue weighted by Crippen LogP contribution is -2.36. The summed E-state index contributed by atoms with van der Waals surface area (Å²) in [6.07, 6.45) is 0.281. The highest BCUT2D eigenvalue weighted by Gasteiger charge is 2.39. The van der Waals surface area contributed by atoms with E-state index in [0.717, 1.165) is 37.3 Å². The van der Waals surface area contributed by atoms with E-state index in [2.05, 4.69) is 6.92 Å². The summed E-state index contributed by atoms with van der Waals surface area (Å²) in [7, 11) is 0. The summed E-state index contributed by atoms with van der Waals surface area (Å²) < 4.78 is 59.4. The Hall–Kier alpha value is -1.43. The van der Waals surface area contributed by atoms with Crippen LogP contribution >= 0.6 is 0 Å². The molecular weight excluding hydrogens is 360 g/mol. The van der Waals surface area contributed by atoms with Crippen molar-refractivity contribution in [2.45, 2.75) is 64.7 Å². The van der Waals surface area contributed by atoms with Crippen molar-refractivity contribution in [3.8, 4) is 0 Å². The molecule has 0 amide bonds. The fourth-order valence-corrected chi connectivity index (χ4v) is 4.49. The highest BCUT2D eigenvalue weighted by atomic mass is 19.4. The van der Waals surface area contributed by atoms with Gasteiger partial charge in [-0.1, -0.05) is 25.8 Å². The summed E-state index contributed by atoms with van der Waals surface area (Å²) in [4.78, 5) is 12.6. The van der Waals surface area contributed by atoms with Gasteiger partial charge in [-0.2, -0.15) is 13.2 Å². The second-order valence-electron chi connectivity index (χ2n) is 8.16. The summed E-state index contributed by atoms with van der Waals surface area (Å²) in [5, 5.41) is 0. The van der Waals surface area contributed by atoms with E-state index in [0.29, 0.717) is 24.9 Å². The number of benzene rings is 1. The molecule has 2 fully saturated rings. The molecule has 1 unspecified atom stereocenters. The maximum Gasteiger partial charge on any atom is 0.419 e. The molecule has 0 bridgehead atoms. The minimum atomic E-state index is -4.83. The number of ether oxygens (including phenoxy) is 1. The molecule has 1 aliphatic carbocycles. The molecule has 1 saturated heterocycles. The second-order valence-corrected chi connectivity index (χ2v) is 8.16. The maximum absolute atomic E-state index is 14.4. The Balaban J connectivity index is 1.68. The summed E-state index contributed by atoms with van der Waals surface area (Å²) >= 11 is 0. The van der Waals surface area contributed by atoms with Crippen LogP contribution in [-0.4, -0.2) is 18.5 Å². The zero-order chi connectivity index (χ0) is 19.8. The lowest BCUT2D eigenvalue weighted by molar-refractivity contribution is -0.140. The molecule has 3 rings (SSSR count). The van der Waals surface area contributed by atoms with E-state index in [1.165, 1.54) is 19.8 Å². The van der Waals surface area contributed by atoms with Crippen molar-refractivity contribution in [1.29, 1.82) is 0 Å². The first-order valence-electron chi connectivity index (χ1n) is 9.70. The standard InChI is InChI=1S/C21H26F4O2/c1-12-3-6-14(7-4-12)15-8-10-17(27-11-15)20(26)16-9-5-13(2)18(19(16)22)21(23,24)25/h5,9,12,14-15,17H,3-4,6-8,10-11H2,1-2H3/t12?,14?,15?,17-/m0/s1. The van der Waals surface area contributed by atoms with E-state index < -0.39 is 35.0 Å². The number of Topliss-reactive ketones (excluding diaryl/α,β-unsaturated/α-hetero) is 1. The largest absolute Gasteiger partial charge is 0.419 e. The zero-order valence-electron chi connectivity index (χ0n) is 15.7. The summed E-state index contributed by atoms with van der Waals surface area (Å²) in [6, 6.07) is 2.29. The van der Waals surface area contributed by atoms with Crippen LogP contribution in [0.25, 0.3) is 0 Å². The third-order valence-electron chi connectivity index (χ3n) is 6.23. The number of carbonyl (C=O) groups excluding carboxylic acids is 1. The Labute approximate surface area is 157 Å². The van der Waals surface area contributed by atoms with Crippen molar-refractivity contribution in [2.24, 2.45) is 17.8 Å². The normalized spacial score (nSPS) is 29.6. The third kappa shape index (κ3) is 4.36. The van der Waals surface area contributed by atoms with E-state index in [1.807, 2.05) is 0 Å². The molecule has 1 aliphatic heterocycles. The van der Waals surface area contributed by atoms with E-state index in [9.17, 15) is 22.4 Å². The van der Waals surface area contributed by atoms with Gasteiger partial charge < -0.3 is 4.74 Å². The first-order valence-corrected chi connectivity index (χ1v) is 9.70. The second kappa shape index (κ2) is 7.90. The molecule has 1 heterocycles. The number of carbonyl (C=O) groups is 1. The average Bonchev–Trinajstić information content (AvgIpc) is 2.61. The number of halogens is 4. The molecule has 2 aliphatic rings. The van der Waals surface area contributed by atoms with Gasteiger partial charge in [0.1, 0.15) is 11.9 Å². The molecule has 150 valence electrons. The number of hydrogen-bond donors (Lipinski definition) is 0. The van der Waals surface area contributed by atoms with Crippen LogP contribution in [0.4, 0.5) is 17.6 Å². The maximum atomic E-state index is 14.4. The third-order valence-corrected chi connectivity index (χ3v) is 6.23. The summed E-state index contributed by atoms with van der Waals surface area (Å²) in [5.41, 5.74) is -2.12. The van der Waals surface area contributed by atoms with Crippen molar-refractivity contribution >= 4 is 5.78 Å². The Morgan fingerprint density at radius 3 is 2.22 bits per heavy atom. The van der Waals surface area contributed by atoms with Gasteiger partial charge >= 0.3 is 6.18 Å². The molecule has 2 nitrogen and oxygen atoms in total. The molecule has 1 aromatic carbocycles. The zero-order valence-corrected chi connectivity index (χ0v) is 15.7. The van der Waals surface area contributed by atoms with Gasteiger partial charge in [-0.3, -0.25) is 4.79 Å². The van der Waals surface area contributed by atoms with Crippen molar-refractivity contribution in [3.05, 3.63) is 34.6 Å². The Morgan fingerprint density at radius 2 is 1.67 bits per heavy atom. The van der Waals surface area contributed by atoms with E-state index >= 15 is 0 Å². The fourth-order valence-electron chi connectivity index (χ4n) is 4.49. The molecule has 0 aromatic heterocycles. The number of aryl methyl sites for hydroxylation is 1. The van der Waals surface area contributed by atoms with Crippen LogP contribution < -0.4 is 0 Å². The van der Waals surface area contributed by atoms with E-state index in [1.54, 1.807) is 0 Å². The van der Waals surface area contributed by atoms with Crippen LogP contribution in [-0.2, 0) is 10.9 Å². The molecule has 27 heavy (non-hydrogen) atoms. The van der Waals surface area contributed by atoms with E-state index in [4.69, 9.17) is 4.74 Å². The highest BCUT2D eigenvalue weighted by Crippen LogP contribution is 2.39. The Morgan fingerprint density at radius 1 is 1.04 bits per heavy atom.